The molecule has 0 aliphatic heterocycles. The first kappa shape index (κ1) is 19.9. The van der Waals surface area contributed by atoms with Crippen molar-refractivity contribution in [1.82, 2.24) is 0 Å². The topological polar surface area (TPSA) is 17.1 Å². The summed E-state index contributed by atoms with van der Waals surface area (Å²) < 4.78 is 0. The summed E-state index contributed by atoms with van der Waals surface area (Å²) in [5, 5.41) is 0. The van der Waals surface area contributed by atoms with Crippen LogP contribution in [-0.2, 0) is 11.2 Å². The van der Waals surface area contributed by atoms with Crippen LogP contribution in [0.1, 0.15) is 90.5 Å². The molecule has 0 N–H and O–H groups in total. The summed E-state index contributed by atoms with van der Waals surface area (Å²) in [6.07, 6.45) is 12.8. The summed E-state index contributed by atoms with van der Waals surface area (Å²) in [6, 6.07) is 10.7. The highest BCUT2D eigenvalue weighted by molar-refractivity contribution is 5.78. The van der Waals surface area contributed by atoms with E-state index in [1.807, 2.05) is 6.92 Å². The number of benzene rings is 1. The Labute approximate surface area is 143 Å². The molecule has 0 radical (unpaired) electrons. The fraction of sp³-hybridized carbons (Fsp3) is 0.682. The molecule has 130 valence electrons. The lowest BCUT2D eigenvalue weighted by Gasteiger charge is -2.29. The number of carbonyl (C=O) groups is 1. The molecule has 0 saturated carbocycles. The molecule has 1 nitrogen and oxygen atoms in total. The van der Waals surface area contributed by atoms with Crippen molar-refractivity contribution in [2.45, 2.75) is 91.4 Å². The maximum absolute atomic E-state index is 12.0. The van der Waals surface area contributed by atoms with Gasteiger partial charge in [0.25, 0.3) is 0 Å². The molecule has 0 aliphatic carbocycles. The van der Waals surface area contributed by atoms with Crippen molar-refractivity contribution < 1.29 is 4.79 Å². The predicted octanol–water partition coefficient (Wildman–Crippen LogP) is 6.75. The van der Waals surface area contributed by atoms with Crippen LogP contribution >= 0.6 is 0 Å². The van der Waals surface area contributed by atoms with Gasteiger partial charge in [-0.1, -0.05) is 89.6 Å². The van der Waals surface area contributed by atoms with Crippen LogP contribution in [0, 0.1) is 5.41 Å². The van der Waals surface area contributed by atoms with Crippen LogP contribution in [0.2, 0.25) is 0 Å². The lowest BCUT2D eigenvalue weighted by atomic mass is 9.75. The quantitative estimate of drug-likeness (QED) is 0.368. The average molecular weight is 317 g/mol. The molecule has 1 unspecified atom stereocenters. The molecule has 0 saturated heterocycles. The third kappa shape index (κ3) is 8.93. The van der Waals surface area contributed by atoms with Crippen LogP contribution in [0.4, 0.5) is 0 Å². The lowest BCUT2D eigenvalue weighted by molar-refractivity contribution is -0.121. The number of unbranched alkanes of at least 4 members (excludes halogenated alkanes) is 5. The standard InChI is InChI=1S/C22H36O/c1-4-6-7-8-9-13-17-22(3,19-21(23)5-2)18-16-20-14-11-10-12-15-20/h10-12,14-15H,4-9,13,16-19H2,1-3H3. The van der Waals surface area contributed by atoms with E-state index in [9.17, 15) is 4.79 Å². The largest absolute Gasteiger partial charge is 0.300 e. The zero-order chi connectivity index (χ0) is 17.0. The number of Topliss-reactive ketones (excluding diaryl/α,β-unsaturated/α-hetero) is 1. The number of ketones is 1. The first-order valence-electron chi connectivity index (χ1n) is 9.65. The van der Waals surface area contributed by atoms with E-state index in [4.69, 9.17) is 0 Å². The van der Waals surface area contributed by atoms with E-state index in [1.165, 1.54) is 50.5 Å². The molecule has 0 aromatic heterocycles. The highest BCUT2D eigenvalue weighted by Crippen LogP contribution is 2.34. The lowest BCUT2D eigenvalue weighted by Crippen LogP contribution is -2.22. The summed E-state index contributed by atoms with van der Waals surface area (Å²) in [5.41, 5.74) is 1.57. The second-order valence-corrected chi connectivity index (χ2v) is 7.38. The smallest absolute Gasteiger partial charge is 0.133 e. The van der Waals surface area contributed by atoms with Crippen LogP contribution in [0.15, 0.2) is 30.3 Å². The number of aryl methyl sites for hydroxylation is 1. The predicted molar refractivity (Wildman–Crippen MR) is 101 cm³/mol. The normalized spacial score (nSPS) is 13.7. The first-order valence-corrected chi connectivity index (χ1v) is 9.65. The van der Waals surface area contributed by atoms with Gasteiger partial charge in [-0.2, -0.15) is 0 Å². The Balaban J connectivity index is 2.46. The number of carbonyl (C=O) groups excluding carboxylic acids is 1. The van der Waals surface area contributed by atoms with Gasteiger partial charge in [-0.15, -0.1) is 0 Å². The SMILES string of the molecule is CCCCCCCCC(C)(CCc1ccccc1)CC(=O)CC. The van der Waals surface area contributed by atoms with E-state index < -0.39 is 0 Å². The molecule has 0 bridgehead atoms. The molecule has 0 spiro atoms. The van der Waals surface area contributed by atoms with Crippen molar-refractivity contribution in [2.24, 2.45) is 5.41 Å². The highest BCUT2D eigenvalue weighted by atomic mass is 16.1. The van der Waals surface area contributed by atoms with Crippen molar-refractivity contribution >= 4 is 5.78 Å². The van der Waals surface area contributed by atoms with Crippen molar-refractivity contribution in [3.8, 4) is 0 Å². The number of hydrogen-bond acceptors (Lipinski definition) is 1. The van der Waals surface area contributed by atoms with E-state index in [0.717, 1.165) is 19.3 Å². The van der Waals surface area contributed by atoms with Gasteiger partial charge in [-0.25, -0.2) is 0 Å². The molecule has 1 aromatic carbocycles. The molecule has 0 fully saturated rings. The Kier molecular flexibility index (Phi) is 9.91. The summed E-state index contributed by atoms with van der Waals surface area (Å²) in [6.45, 7) is 6.58. The summed E-state index contributed by atoms with van der Waals surface area (Å²) in [5.74, 6) is 0.423. The van der Waals surface area contributed by atoms with Gasteiger partial charge >= 0.3 is 0 Å². The van der Waals surface area contributed by atoms with Gasteiger partial charge in [0.05, 0.1) is 0 Å². The Hall–Kier alpha value is -1.11. The minimum Gasteiger partial charge on any atom is -0.300 e. The van der Waals surface area contributed by atoms with Gasteiger partial charge in [0, 0.05) is 12.8 Å². The average Bonchev–Trinajstić information content (AvgIpc) is 2.57. The number of rotatable bonds is 13. The fourth-order valence-electron chi connectivity index (χ4n) is 3.33. The van der Waals surface area contributed by atoms with Crippen molar-refractivity contribution in [2.75, 3.05) is 0 Å². The zero-order valence-corrected chi connectivity index (χ0v) is 15.6. The Morgan fingerprint density at radius 2 is 1.57 bits per heavy atom. The molecule has 0 heterocycles. The van der Waals surface area contributed by atoms with Crippen molar-refractivity contribution in [3.05, 3.63) is 35.9 Å². The summed E-state index contributed by atoms with van der Waals surface area (Å²) in [4.78, 5) is 12.0. The van der Waals surface area contributed by atoms with Gasteiger partial charge in [-0.05, 0) is 30.2 Å². The molecule has 23 heavy (non-hydrogen) atoms. The third-order valence-corrected chi connectivity index (χ3v) is 5.01. The van der Waals surface area contributed by atoms with E-state index in [2.05, 4.69) is 44.2 Å². The van der Waals surface area contributed by atoms with Crippen LogP contribution in [0.5, 0.6) is 0 Å². The number of hydrogen-bond donors (Lipinski definition) is 0. The van der Waals surface area contributed by atoms with Gasteiger partial charge in [0.1, 0.15) is 5.78 Å². The van der Waals surface area contributed by atoms with Gasteiger partial charge in [0.15, 0.2) is 0 Å². The van der Waals surface area contributed by atoms with Gasteiger partial charge in [0.2, 0.25) is 0 Å². The van der Waals surface area contributed by atoms with E-state index >= 15 is 0 Å². The molecular weight excluding hydrogens is 280 g/mol. The molecule has 0 amide bonds. The maximum atomic E-state index is 12.0. The minimum atomic E-state index is 0.174. The molecule has 1 atom stereocenters. The summed E-state index contributed by atoms with van der Waals surface area (Å²) >= 11 is 0. The molecule has 1 rings (SSSR count). The van der Waals surface area contributed by atoms with Crippen molar-refractivity contribution in [1.29, 1.82) is 0 Å². The fourth-order valence-corrected chi connectivity index (χ4v) is 3.33. The van der Waals surface area contributed by atoms with Gasteiger partial charge in [-0.3, -0.25) is 4.79 Å². The van der Waals surface area contributed by atoms with E-state index in [1.54, 1.807) is 0 Å². The van der Waals surface area contributed by atoms with Crippen LogP contribution < -0.4 is 0 Å². The van der Waals surface area contributed by atoms with E-state index in [-0.39, 0.29) is 5.41 Å². The summed E-state index contributed by atoms with van der Waals surface area (Å²) in [7, 11) is 0. The van der Waals surface area contributed by atoms with Crippen LogP contribution in [0.25, 0.3) is 0 Å². The van der Waals surface area contributed by atoms with Gasteiger partial charge < -0.3 is 0 Å². The second-order valence-electron chi connectivity index (χ2n) is 7.38. The monoisotopic (exact) mass is 316 g/mol. The Bertz CT molecular complexity index is 423. The first-order chi connectivity index (χ1) is 11.1. The Morgan fingerprint density at radius 1 is 0.913 bits per heavy atom. The molecular formula is C22H36O. The molecule has 0 aliphatic rings. The zero-order valence-electron chi connectivity index (χ0n) is 15.6. The van der Waals surface area contributed by atoms with E-state index in [0.29, 0.717) is 12.2 Å². The minimum absolute atomic E-state index is 0.174. The van der Waals surface area contributed by atoms with Crippen LogP contribution in [0.3, 0.4) is 0 Å². The molecule has 1 heteroatoms. The maximum Gasteiger partial charge on any atom is 0.133 e. The highest BCUT2D eigenvalue weighted by Gasteiger charge is 2.26. The van der Waals surface area contributed by atoms with Crippen molar-refractivity contribution in [3.63, 3.8) is 0 Å². The molecule has 1 aromatic rings. The van der Waals surface area contributed by atoms with Crippen LogP contribution in [-0.4, -0.2) is 5.78 Å². The second kappa shape index (κ2) is 11.4. The Morgan fingerprint density at radius 3 is 2.22 bits per heavy atom. The third-order valence-electron chi connectivity index (χ3n) is 5.01.